The number of nitrogens with one attached hydrogen (secondary N) is 1. The summed E-state index contributed by atoms with van der Waals surface area (Å²) in [5, 5.41) is 33.0. The third-order valence-electron chi connectivity index (χ3n) is 10.1. The van der Waals surface area contributed by atoms with Crippen LogP contribution < -0.4 is 5.32 Å². The second-order valence-electron chi connectivity index (χ2n) is 15.4. The summed E-state index contributed by atoms with van der Waals surface area (Å²) in [5.41, 5.74) is 0. The molecule has 0 aliphatic rings. The zero-order valence-electron chi connectivity index (χ0n) is 32.5. The van der Waals surface area contributed by atoms with Crippen LogP contribution in [0, 0.1) is 5.92 Å². The lowest BCUT2D eigenvalue weighted by Gasteiger charge is -2.21. The van der Waals surface area contributed by atoms with Crippen molar-refractivity contribution in [3.8, 4) is 0 Å². The molecule has 0 aliphatic heterocycles. The zero-order chi connectivity index (χ0) is 35.3. The largest absolute Gasteiger partial charge is 0.394 e. The van der Waals surface area contributed by atoms with Crippen LogP contribution in [-0.4, -0.2) is 46.1 Å². The number of carbonyl (C=O) groups excluding carboxylic acids is 1. The highest BCUT2D eigenvalue weighted by molar-refractivity contribution is 5.80. The summed E-state index contributed by atoms with van der Waals surface area (Å²) in [6.45, 7) is 6.50. The fraction of sp³-hybridized carbons (Fsp3) is 0.930. The van der Waals surface area contributed by atoms with E-state index in [0.29, 0.717) is 6.42 Å². The number of allylic oxidation sites excluding steroid dienone is 1. The monoisotopic (exact) mass is 680 g/mol. The Morgan fingerprint density at radius 2 is 0.896 bits per heavy atom. The van der Waals surface area contributed by atoms with E-state index in [1.807, 2.05) is 6.08 Å². The van der Waals surface area contributed by atoms with Crippen molar-refractivity contribution in [2.45, 2.75) is 244 Å². The van der Waals surface area contributed by atoms with Crippen LogP contribution in [0.5, 0.6) is 0 Å². The molecule has 0 bridgehead atoms. The maximum atomic E-state index is 12.4. The third-order valence-corrected chi connectivity index (χ3v) is 10.1. The van der Waals surface area contributed by atoms with Gasteiger partial charge >= 0.3 is 0 Å². The minimum absolute atomic E-state index is 0.361. The van der Waals surface area contributed by atoms with Gasteiger partial charge in [-0.1, -0.05) is 219 Å². The highest BCUT2D eigenvalue weighted by Gasteiger charge is 2.22. The van der Waals surface area contributed by atoms with Crippen LogP contribution in [0.15, 0.2) is 12.2 Å². The first-order valence-corrected chi connectivity index (χ1v) is 21.4. The standard InChI is InChI=1S/C43H85NO4/c1-4-5-6-7-8-9-10-11-12-13-14-15-16-17-18-19-20-21-24-28-31-34-37-42(47)43(48)44-40(38-45)41(46)36-33-30-27-25-22-23-26-29-32-35-39(2)3/h33,36,39-42,45-47H,4-32,34-35,37-38H2,1-3H3,(H,44,48)/b36-33+/t40-,41+,42?/m0/s1. The van der Waals surface area contributed by atoms with Crippen molar-refractivity contribution in [2.24, 2.45) is 5.92 Å². The number of amides is 1. The van der Waals surface area contributed by atoms with E-state index in [4.69, 9.17) is 0 Å². The van der Waals surface area contributed by atoms with Crippen LogP contribution in [0.4, 0.5) is 0 Å². The normalized spacial score (nSPS) is 13.8. The van der Waals surface area contributed by atoms with E-state index >= 15 is 0 Å². The summed E-state index contributed by atoms with van der Waals surface area (Å²) in [4.78, 5) is 12.4. The molecular formula is C43H85NO4. The summed E-state index contributed by atoms with van der Waals surface area (Å²) in [5.74, 6) is 0.308. The second-order valence-corrected chi connectivity index (χ2v) is 15.4. The molecule has 0 heterocycles. The predicted molar refractivity (Wildman–Crippen MR) is 208 cm³/mol. The number of carbonyl (C=O) groups is 1. The van der Waals surface area contributed by atoms with Gasteiger partial charge in [-0.3, -0.25) is 4.79 Å². The summed E-state index contributed by atoms with van der Waals surface area (Å²) in [6.07, 6.45) is 42.5. The Morgan fingerprint density at radius 3 is 1.27 bits per heavy atom. The molecule has 1 unspecified atom stereocenters. The SMILES string of the molecule is CCCCCCCCCCCCCCCCCCCCCCCCC(O)C(=O)N[C@@H](CO)[C@H](O)/C=C/CCCCCCCCCC(C)C. The first-order valence-electron chi connectivity index (χ1n) is 21.4. The number of hydrogen-bond acceptors (Lipinski definition) is 4. The fourth-order valence-corrected chi connectivity index (χ4v) is 6.66. The van der Waals surface area contributed by atoms with Gasteiger partial charge in [0.2, 0.25) is 5.91 Å². The highest BCUT2D eigenvalue weighted by Crippen LogP contribution is 2.16. The van der Waals surface area contributed by atoms with Crippen molar-refractivity contribution in [2.75, 3.05) is 6.61 Å². The minimum atomic E-state index is -1.09. The van der Waals surface area contributed by atoms with Gasteiger partial charge in [0.25, 0.3) is 0 Å². The Bertz CT molecular complexity index is 682. The van der Waals surface area contributed by atoms with E-state index in [1.54, 1.807) is 6.08 Å². The molecule has 5 nitrogen and oxygen atoms in total. The van der Waals surface area contributed by atoms with Crippen molar-refractivity contribution in [3.05, 3.63) is 12.2 Å². The molecule has 0 aromatic rings. The first kappa shape index (κ1) is 47.1. The number of rotatable bonds is 38. The molecule has 0 spiro atoms. The van der Waals surface area contributed by atoms with Crippen molar-refractivity contribution in [1.29, 1.82) is 0 Å². The second kappa shape index (κ2) is 37.3. The number of aliphatic hydroxyl groups is 3. The molecule has 0 aromatic heterocycles. The van der Waals surface area contributed by atoms with E-state index in [-0.39, 0.29) is 6.61 Å². The number of aliphatic hydroxyl groups excluding tert-OH is 3. The van der Waals surface area contributed by atoms with Gasteiger partial charge in [0.15, 0.2) is 0 Å². The van der Waals surface area contributed by atoms with Gasteiger partial charge in [-0.25, -0.2) is 0 Å². The summed E-state index contributed by atoms with van der Waals surface area (Å²) >= 11 is 0. The summed E-state index contributed by atoms with van der Waals surface area (Å²) in [7, 11) is 0. The molecule has 48 heavy (non-hydrogen) atoms. The Morgan fingerprint density at radius 1 is 0.542 bits per heavy atom. The Labute approximate surface area is 299 Å². The Balaban J connectivity index is 3.60. The summed E-state index contributed by atoms with van der Waals surface area (Å²) < 4.78 is 0. The molecule has 0 radical (unpaired) electrons. The van der Waals surface area contributed by atoms with Crippen molar-refractivity contribution < 1.29 is 20.1 Å². The molecule has 4 N–H and O–H groups in total. The van der Waals surface area contributed by atoms with E-state index < -0.39 is 24.2 Å². The van der Waals surface area contributed by atoms with Crippen LogP contribution in [-0.2, 0) is 4.79 Å². The average Bonchev–Trinajstić information content (AvgIpc) is 3.07. The molecular weight excluding hydrogens is 594 g/mol. The zero-order valence-corrected chi connectivity index (χ0v) is 32.5. The molecule has 286 valence electrons. The van der Waals surface area contributed by atoms with Crippen LogP contribution in [0.3, 0.4) is 0 Å². The van der Waals surface area contributed by atoms with Crippen LogP contribution in [0.25, 0.3) is 0 Å². The van der Waals surface area contributed by atoms with E-state index in [0.717, 1.165) is 38.0 Å². The lowest BCUT2D eigenvalue weighted by molar-refractivity contribution is -0.131. The predicted octanol–water partition coefficient (Wildman–Crippen LogP) is 11.9. The number of unbranched alkanes of at least 4 members (excludes halogenated alkanes) is 28. The topological polar surface area (TPSA) is 89.8 Å². The molecule has 1 amide bonds. The van der Waals surface area contributed by atoms with Gasteiger partial charge in [-0.2, -0.15) is 0 Å². The van der Waals surface area contributed by atoms with E-state index in [1.165, 1.54) is 167 Å². The van der Waals surface area contributed by atoms with E-state index in [9.17, 15) is 20.1 Å². The average molecular weight is 680 g/mol. The quantitative estimate of drug-likeness (QED) is 0.0386. The van der Waals surface area contributed by atoms with Crippen molar-refractivity contribution >= 4 is 5.91 Å². The molecule has 0 rings (SSSR count). The van der Waals surface area contributed by atoms with Gasteiger partial charge in [0.05, 0.1) is 18.8 Å². The highest BCUT2D eigenvalue weighted by atomic mass is 16.3. The molecule has 0 aliphatic carbocycles. The maximum absolute atomic E-state index is 12.4. The van der Waals surface area contributed by atoms with Crippen LogP contribution in [0.2, 0.25) is 0 Å². The Kier molecular flexibility index (Phi) is 36.6. The first-order chi connectivity index (χ1) is 23.4. The fourth-order valence-electron chi connectivity index (χ4n) is 6.66. The molecule has 0 saturated carbocycles. The van der Waals surface area contributed by atoms with E-state index in [2.05, 4.69) is 26.1 Å². The number of hydrogen-bond donors (Lipinski definition) is 4. The lowest BCUT2D eigenvalue weighted by atomic mass is 10.0. The van der Waals surface area contributed by atoms with Gasteiger partial charge in [-0.05, 0) is 25.2 Å². The van der Waals surface area contributed by atoms with Gasteiger partial charge < -0.3 is 20.6 Å². The van der Waals surface area contributed by atoms with Crippen LogP contribution in [0.1, 0.15) is 226 Å². The molecule has 5 heteroatoms. The van der Waals surface area contributed by atoms with Crippen molar-refractivity contribution in [1.82, 2.24) is 5.32 Å². The van der Waals surface area contributed by atoms with Gasteiger partial charge in [0.1, 0.15) is 6.10 Å². The smallest absolute Gasteiger partial charge is 0.249 e. The maximum Gasteiger partial charge on any atom is 0.249 e. The molecule has 0 aromatic carbocycles. The lowest BCUT2D eigenvalue weighted by Crippen LogP contribution is -2.48. The van der Waals surface area contributed by atoms with Crippen molar-refractivity contribution in [3.63, 3.8) is 0 Å². The van der Waals surface area contributed by atoms with Gasteiger partial charge in [0, 0.05) is 0 Å². The third kappa shape index (κ3) is 33.6. The minimum Gasteiger partial charge on any atom is -0.394 e. The van der Waals surface area contributed by atoms with Crippen LogP contribution >= 0.6 is 0 Å². The van der Waals surface area contributed by atoms with Gasteiger partial charge in [-0.15, -0.1) is 0 Å². The molecule has 0 saturated heterocycles. The molecule has 3 atom stereocenters. The molecule has 0 fully saturated rings. The Hall–Kier alpha value is -0.910. The summed E-state index contributed by atoms with van der Waals surface area (Å²) in [6, 6.07) is -0.793.